The maximum absolute atomic E-state index is 9.59. The van der Waals surface area contributed by atoms with E-state index in [1.54, 1.807) is 0 Å². The van der Waals surface area contributed by atoms with E-state index in [0.717, 1.165) is 0 Å². The third kappa shape index (κ3) is 4.10. The third-order valence-corrected chi connectivity index (χ3v) is 0.774. The number of hydrogen-bond donors (Lipinski definition) is 1. The second-order valence-corrected chi connectivity index (χ2v) is 1.56. The number of aliphatic hydroxyl groups excluding tert-OH is 1. The Morgan fingerprint density at radius 1 is 1.83 bits per heavy atom. The molecule has 6 heavy (non-hydrogen) atoms. The fourth-order valence-corrected chi connectivity index (χ4v) is 0.370. The summed E-state index contributed by atoms with van der Waals surface area (Å²) in [7, 11) is -1.23. The van der Waals surface area contributed by atoms with E-state index in [4.69, 9.17) is 5.11 Å². The fourth-order valence-electron chi connectivity index (χ4n) is 0.123. The standard InChI is InChI=1S/C2H7O3Si/c3-1-5-2-6-4/h3H,1-2,6H2. The van der Waals surface area contributed by atoms with Crippen LogP contribution in [0.2, 0.25) is 0 Å². The van der Waals surface area contributed by atoms with Crippen molar-refractivity contribution in [1.82, 2.24) is 0 Å². The highest BCUT2D eigenvalue weighted by Crippen LogP contribution is 1.61. The van der Waals surface area contributed by atoms with E-state index in [-0.39, 0.29) is 13.0 Å². The predicted molar refractivity (Wildman–Crippen MR) is 22.3 cm³/mol. The van der Waals surface area contributed by atoms with E-state index < -0.39 is 9.76 Å². The highest BCUT2D eigenvalue weighted by atomic mass is 28.2. The summed E-state index contributed by atoms with van der Waals surface area (Å²) in [5.41, 5.74) is 0. The Labute approximate surface area is 38.5 Å². The molecule has 0 aliphatic heterocycles. The molecule has 0 aromatic carbocycles. The van der Waals surface area contributed by atoms with Crippen LogP contribution < -0.4 is 0 Å². The first-order chi connectivity index (χ1) is 2.91. The number of aliphatic hydroxyl groups is 1. The van der Waals surface area contributed by atoms with E-state index in [0.29, 0.717) is 0 Å². The van der Waals surface area contributed by atoms with Crippen LogP contribution in [0.4, 0.5) is 0 Å². The lowest BCUT2D eigenvalue weighted by molar-refractivity contribution is 0.0176. The molecule has 4 heteroatoms. The lowest BCUT2D eigenvalue weighted by Crippen LogP contribution is -2.01. The normalized spacial score (nSPS) is 11.0. The second kappa shape index (κ2) is 5.10. The Hall–Kier alpha value is 0.0969. The maximum Gasteiger partial charge on any atom is 0.232 e. The van der Waals surface area contributed by atoms with Crippen molar-refractivity contribution in [3.8, 4) is 0 Å². The zero-order valence-corrected chi connectivity index (χ0v) is 4.80. The fraction of sp³-hybridized carbons (Fsp3) is 1.00. The Morgan fingerprint density at radius 3 is 2.67 bits per heavy atom. The van der Waals surface area contributed by atoms with Crippen molar-refractivity contribution >= 4 is 9.76 Å². The summed E-state index contributed by atoms with van der Waals surface area (Å²) in [6.07, 6.45) is 0.247. The molecule has 0 bridgehead atoms. The van der Waals surface area contributed by atoms with Crippen LogP contribution in [0.5, 0.6) is 0 Å². The van der Waals surface area contributed by atoms with Crippen molar-refractivity contribution in [2.45, 2.75) is 0 Å². The van der Waals surface area contributed by atoms with Crippen molar-refractivity contribution < 1.29 is 14.6 Å². The molecule has 0 heterocycles. The first kappa shape index (κ1) is 6.10. The molecule has 37 valence electrons. The highest BCUT2D eigenvalue weighted by molar-refractivity contribution is 6.24. The first-order valence-electron chi connectivity index (χ1n) is 1.68. The Morgan fingerprint density at radius 2 is 2.50 bits per heavy atom. The summed E-state index contributed by atoms with van der Waals surface area (Å²) in [6.45, 7) is -0.310. The van der Waals surface area contributed by atoms with Crippen LogP contribution >= 0.6 is 0 Å². The van der Waals surface area contributed by atoms with E-state index in [1.165, 1.54) is 0 Å². The molecule has 0 aromatic rings. The Bertz CT molecular complexity index is 20.8. The smallest absolute Gasteiger partial charge is 0.232 e. The average Bonchev–Trinajstić information content (AvgIpc) is 1.61. The first-order valence-corrected chi connectivity index (χ1v) is 3.26. The van der Waals surface area contributed by atoms with E-state index in [9.17, 15) is 4.80 Å². The Kier molecular flexibility index (Phi) is 5.18. The zero-order chi connectivity index (χ0) is 4.83. The van der Waals surface area contributed by atoms with Crippen LogP contribution in [-0.4, -0.2) is 27.9 Å². The molecule has 0 rings (SSSR count). The molecule has 1 N–H and O–H groups in total. The maximum atomic E-state index is 9.59. The number of ether oxygens (including phenoxy) is 1. The minimum Gasteiger partial charge on any atom is -0.371 e. The lowest BCUT2D eigenvalue weighted by Gasteiger charge is -1.88. The van der Waals surface area contributed by atoms with Gasteiger partial charge in [0.2, 0.25) is 9.76 Å². The monoisotopic (exact) mass is 107 g/mol. The van der Waals surface area contributed by atoms with Gasteiger partial charge in [0.1, 0.15) is 6.79 Å². The van der Waals surface area contributed by atoms with Gasteiger partial charge >= 0.3 is 0 Å². The molecule has 1 radical (unpaired) electrons. The van der Waals surface area contributed by atoms with Crippen molar-refractivity contribution in [3.05, 3.63) is 0 Å². The summed E-state index contributed by atoms with van der Waals surface area (Å²) >= 11 is 0. The van der Waals surface area contributed by atoms with Gasteiger partial charge in [0.15, 0.2) is 0 Å². The van der Waals surface area contributed by atoms with E-state index in [1.807, 2.05) is 0 Å². The van der Waals surface area contributed by atoms with Crippen LogP contribution in [0.15, 0.2) is 0 Å². The van der Waals surface area contributed by atoms with Gasteiger partial charge in [0.05, 0.1) is 6.23 Å². The van der Waals surface area contributed by atoms with Gasteiger partial charge in [-0.2, -0.15) is 0 Å². The molecule has 0 aliphatic rings. The molecule has 0 amide bonds. The van der Waals surface area contributed by atoms with Gasteiger partial charge in [-0.1, -0.05) is 0 Å². The van der Waals surface area contributed by atoms with Gasteiger partial charge in [-0.05, 0) is 0 Å². The van der Waals surface area contributed by atoms with Gasteiger partial charge in [-0.25, -0.2) is 0 Å². The number of rotatable bonds is 3. The molecule has 0 aliphatic carbocycles. The molecule has 0 saturated heterocycles. The molecule has 0 fully saturated rings. The molecule has 0 saturated carbocycles. The summed E-state index contributed by atoms with van der Waals surface area (Å²) in [5, 5.41) is 7.86. The van der Waals surface area contributed by atoms with Crippen molar-refractivity contribution in [1.29, 1.82) is 0 Å². The minimum atomic E-state index is -1.23. The molecule has 0 aromatic heterocycles. The molecular weight excluding hydrogens is 100 g/mol. The van der Waals surface area contributed by atoms with Gasteiger partial charge in [0.25, 0.3) is 0 Å². The van der Waals surface area contributed by atoms with Gasteiger partial charge in [-0.15, -0.1) is 0 Å². The SMILES string of the molecule is [O][SiH2]COCO. The third-order valence-electron chi connectivity index (χ3n) is 0.319. The molecule has 3 nitrogen and oxygen atoms in total. The Balaban J connectivity index is 2.34. The second-order valence-electron chi connectivity index (χ2n) is 0.741. The van der Waals surface area contributed by atoms with E-state index >= 15 is 0 Å². The van der Waals surface area contributed by atoms with Gasteiger partial charge in [0, 0.05) is 0 Å². The van der Waals surface area contributed by atoms with Gasteiger partial charge < -0.3 is 14.6 Å². The minimum absolute atomic E-state index is 0.247. The summed E-state index contributed by atoms with van der Waals surface area (Å²) in [4.78, 5) is 9.59. The zero-order valence-electron chi connectivity index (χ0n) is 3.39. The molecule has 0 spiro atoms. The lowest BCUT2D eigenvalue weighted by atomic mass is 11.4. The summed E-state index contributed by atoms with van der Waals surface area (Å²) in [5.74, 6) is 0. The van der Waals surface area contributed by atoms with Crippen molar-refractivity contribution in [2.75, 3.05) is 13.0 Å². The number of hydrogen-bond acceptors (Lipinski definition) is 2. The van der Waals surface area contributed by atoms with Crippen molar-refractivity contribution in [3.63, 3.8) is 0 Å². The highest BCUT2D eigenvalue weighted by Gasteiger charge is 1.78. The van der Waals surface area contributed by atoms with Crippen LogP contribution in [0.3, 0.4) is 0 Å². The summed E-state index contributed by atoms with van der Waals surface area (Å²) < 4.78 is 4.29. The topological polar surface area (TPSA) is 49.4 Å². The molecule has 0 unspecified atom stereocenters. The van der Waals surface area contributed by atoms with Crippen LogP contribution in [0.25, 0.3) is 0 Å². The van der Waals surface area contributed by atoms with E-state index in [2.05, 4.69) is 4.74 Å². The molecular formula is C2H7O3Si. The largest absolute Gasteiger partial charge is 0.371 e. The summed E-state index contributed by atoms with van der Waals surface area (Å²) in [6, 6.07) is 0. The average molecular weight is 107 g/mol. The van der Waals surface area contributed by atoms with Crippen LogP contribution in [-0.2, 0) is 9.53 Å². The quantitative estimate of drug-likeness (QED) is 0.269. The predicted octanol–water partition coefficient (Wildman–Crippen LogP) is -1.58. The molecule has 0 atom stereocenters. The van der Waals surface area contributed by atoms with Gasteiger partial charge in [-0.3, -0.25) is 0 Å². The van der Waals surface area contributed by atoms with Crippen LogP contribution in [0.1, 0.15) is 0 Å². The van der Waals surface area contributed by atoms with Crippen LogP contribution in [0, 0.1) is 0 Å². The van der Waals surface area contributed by atoms with Crippen molar-refractivity contribution in [2.24, 2.45) is 0 Å².